The van der Waals surface area contributed by atoms with Crippen LogP contribution < -0.4 is 0 Å². The molecular formula is C23H33N5O3S. The zero-order chi connectivity index (χ0) is 22.3. The number of rotatable bonds is 8. The molecule has 1 atom stereocenters. The predicted octanol–water partition coefficient (Wildman–Crippen LogP) is 2.91. The maximum Gasteiger partial charge on any atom is 0.227 e. The molecule has 2 amide bonds. The first kappa shape index (κ1) is 22.9. The molecule has 0 spiro atoms. The van der Waals surface area contributed by atoms with E-state index in [9.17, 15) is 9.59 Å². The van der Waals surface area contributed by atoms with E-state index in [-0.39, 0.29) is 17.7 Å². The molecule has 0 N–H and O–H groups in total. The largest absolute Gasteiger partial charge is 0.342 e. The molecule has 0 aliphatic carbocycles. The van der Waals surface area contributed by atoms with E-state index >= 15 is 0 Å². The van der Waals surface area contributed by atoms with Crippen LogP contribution in [0.15, 0.2) is 22.0 Å². The minimum atomic E-state index is -0.0359. The van der Waals surface area contributed by atoms with E-state index in [1.165, 1.54) is 0 Å². The molecular weight excluding hydrogens is 426 g/mol. The van der Waals surface area contributed by atoms with Crippen LogP contribution in [0.25, 0.3) is 10.7 Å². The van der Waals surface area contributed by atoms with Crippen molar-refractivity contribution in [2.75, 3.05) is 45.8 Å². The maximum absolute atomic E-state index is 13.0. The van der Waals surface area contributed by atoms with Crippen LogP contribution in [0.5, 0.6) is 0 Å². The fourth-order valence-electron chi connectivity index (χ4n) is 4.54. The van der Waals surface area contributed by atoms with Crippen LogP contribution in [0.3, 0.4) is 0 Å². The Hall–Kier alpha value is -2.26. The van der Waals surface area contributed by atoms with Crippen LogP contribution in [0.2, 0.25) is 0 Å². The monoisotopic (exact) mass is 459 g/mol. The minimum absolute atomic E-state index is 0.0359. The number of likely N-dealkylation sites (tertiary alicyclic amines) is 1. The Morgan fingerprint density at radius 3 is 2.78 bits per heavy atom. The maximum atomic E-state index is 13.0. The lowest BCUT2D eigenvalue weighted by molar-refractivity contribution is -0.142. The van der Waals surface area contributed by atoms with E-state index in [1.54, 1.807) is 11.3 Å². The molecule has 2 aromatic rings. The predicted molar refractivity (Wildman–Crippen MR) is 123 cm³/mol. The lowest BCUT2D eigenvalue weighted by atomic mass is 9.95. The molecule has 0 bridgehead atoms. The molecule has 1 unspecified atom stereocenters. The lowest BCUT2D eigenvalue weighted by Crippen LogP contribution is -2.53. The van der Waals surface area contributed by atoms with Gasteiger partial charge in [-0.1, -0.05) is 18.1 Å². The summed E-state index contributed by atoms with van der Waals surface area (Å²) in [7, 11) is 0. The van der Waals surface area contributed by atoms with Crippen molar-refractivity contribution in [2.45, 2.75) is 45.4 Å². The van der Waals surface area contributed by atoms with E-state index in [0.717, 1.165) is 76.2 Å². The highest BCUT2D eigenvalue weighted by Gasteiger charge is 2.32. The number of piperazine rings is 1. The second-order valence-corrected chi connectivity index (χ2v) is 9.64. The van der Waals surface area contributed by atoms with Crippen molar-refractivity contribution in [1.29, 1.82) is 0 Å². The SMILES string of the molecule is CCCC(=O)N1CCCC(C(=O)N2CCN(CCCc3nc(-c4cccs4)no3)CC2)C1. The van der Waals surface area contributed by atoms with Crippen LogP contribution in [-0.2, 0) is 16.0 Å². The first-order chi connectivity index (χ1) is 15.6. The van der Waals surface area contributed by atoms with Gasteiger partial charge >= 0.3 is 0 Å². The average Bonchev–Trinajstić information content (AvgIpc) is 3.52. The number of piperidine rings is 1. The van der Waals surface area contributed by atoms with Crippen molar-refractivity contribution in [3.8, 4) is 10.7 Å². The molecule has 2 saturated heterocycles. The summed E-state index contributed by atoms with van der Waals surface area (Å²) in [6, 6.07) is 3.98. The van der Waals surface area contributed by atoms with Crippen LogP contribution in [0.1, 0.15) is 44.9 Å². The summed E-state index contributed by atoms with van der Waals surface area (Å²) in [4.78, 5) is 37.1. The van der Waals surface area contributed by atoms with Gasteiger partial charge in [-0.05, 0) is 43.7 Å². The Morgan fingerprint density at radius 2 is 2.03 bits per heavy atom. The zero-order valence-corrected chi connectivity index (χ0v) is 19.7. The third-order valence-electron chi connectivity index (χ3n) is 6.35. The standard InChI is InChI=1S/C23H33N5O3S/c1-2-6-21(29)28-11-3-7-18(17-28)23(30)27-14-12-26(13-15-27)10-4-9-20-24-22(25-31-20)19-8-5-16-32-19/h5,8,16,18H,2-4,6-7,9-15,17H2,1H3. The topological polar surface area (TPSA) is 82.8 Å². The smallest absolute Gasteiger partial charge is 0.227 e. The number of amides is 2. The van der Waals surface area contributed by atoms with Crippen molar-refractivity contribution >= 4 is 23.2 Å². The first-order valence-corrected chi connectivity index (χ1v) is 12.7. The third-order valence-corrected chi connectivity index (χ3v) is 7.21. The summed E-state index contributed by atoms with van der Waals surface area (Å²) < 4.78 is 5.38. The van der Waals surface area contributed by atoms with Gasteiger partial charge in [-0.15, -0.1) is 11.3 Å². The summed E-state index contributed by atoms with van der Waals surface area (Å²) >= 11 is 1.61. The molecule has 2 fully saturated rings. The van der Waals surface area contributed by atoms with E-state index in [2.05, 4.69) is 15.0 Å². The van der Waals surface area contributed by atoms with E-state index in [4.69, 9.17) is 4.52 Å². The van der Waals surface area contributed by atoms with Crippen molar-refractivity contribution in [2.24, 2.45) is 5.92 Å². The van der Waals surface area contributed by atoms with Gasteiger partial charge in [-0.25, -0.2) is 0 Å². The van der Waals surface area contributed by atoms with E-state index in [0.29, 0.717) is 24.7 Å². The highest BCUT2D eigenvalue weighted by atomic mass is 32.1. The number of aromatic nitrogens is 2. The van der Waals surface area contributed by atoms with Crippen LogP contribution in [-0.4, -0.2) is 82.5 Å². The Morgan fingerprint density at radius 1 is 1.19 bits per heavy atom. The third kappa shape index (κ3) is 5.75. The number of hydrogen-bond donors (Lipinski definition) is 0. The second kappa shape index (κ2) is 11.0. The minimum Gasteiger partial charge on any atom is -0.342 e. The fraction of sp³-hybridized carbons (Fsp3) is 0.652. The Kier molecular flexibility index (Phi) is 7.91. The summed E-state index contributed by atoms with van der Waals surface area (Å²) in [5, 5.41) is 6.07. The number of hydrogen-bond acceptors (Lipinski definition) is 7. The molecule has 174 valence electrons. The molecule has 0 saturated carbocycles. The number of thiophene rings is 1. The normalized spacial score (nSPS) is 20.0. The molecule has 2 aliphatic rings. The number of carbonyl (C=O) groups is 2. The van der Waals surface area contributed by atoms with Crippen LogP contribution >= 0.6 is 11.3 Å². The summed E-state index contributed by atoms with van der Waals surface area (Å²) in [6.45, 7) is 7.68. The highest BCUT2D eigenvalue weighted by molar-refractivity contribution is 7.13. The average molecular weight is 460 g/mol. The Balaban J connectivity index is 1.17. The quantitative estimate of drug-likeness (QED) is 0.604. The van der Waals surface area contributed by atoms with E-state index in [1.807, 2.05) is 34.2 Å². The molecule has 0 aromatic carbocycles. The molecule has 8 nitrogen and oxygen atoms in total. The molecule has 2 aliphatic heterocycles. The molecule has 32 heavy (non-hydrogen) atoms. The van der Waals surface area contributed by atoms with Crippen LogP contribution in [0.4, 0.5) is 0 Å². The van der Waals surface area contributed by atoms with Gasteiger partial charge in [-0.2, -0.15) is 4.98 Å². The van der Waals surface area contributed by atoms with Gasteiger partial charge in [0.1, 0.15) is 0 Å². The zero-order valence-electron chi connectivity index (χ0n) is 18.9. The second-order valence-electron chi connectivity index (χ2n) is 8.69. The van der Waals surface area contributed by atoms with Crippen LogP contribution in [0, 0.1) is 5.92 Å². The van der Waals surface area contributed by atoms with Crippen molar-refractivity contribution < 1.29 is 14.1 Å². The molecule has 4 heterocycles. The Bertz CT molecular complexity index is 876. The van der Waals surface area contributed by atoms with Gasteiger partial charge in [0.25, 0.3) is 0 Å². The van der Waals surface area contributed by atoms with Gasteiger partial charge < -0.3 is 14.3 Å². The molecule has 0 radical (unpaired) electrons. The molecule has 9 heteroatoms. The Labute approximate surface area is 193 Å². The van der Waals surface area contributed by atoms with Crippen molar-refractivity contribution in [3.63, 3.8) is 0 Å². The number of carbonyl (C=O) groups excluding carboxylic acids is 2. The number of nitrogens with zero attached hydrogens (tertiary/aromatic N) is 5. The van der Waals surface area contributed by atoms with Crippen molar-refractivity contribution in [3.05, 3.63) is 23.4 Å². The summed E-state index contributed by atoms with van der Waals surface area (Å²) in [5.41, 5.74) is 0. The molecule has 4 rings (SSSR count). The first-order valence-electron chi connectivity index (χ1n) is 11.8. The summed E-state index contributed by atoms with van der Waals surface area (Å²) in [5.74, 6) is 1.73. The lowest BCUT2D eigenvalue weighted by Gasteiger charge is -2.39. The van der Waals surface area contributed by atoms with Gasteiger partial charge in [-0.3, -0.25) is 14.5 Å². The van der Waals surface area contributed by atoms with Gasteiger partial charge in [0.05, 0.1) is 10.8 Å². The fourth-order valence-corrected chi connectivity index (χ4v) is 5.19. The molecule has 2 aromatic heterocycles. The highest BCUT2D eigenvalue weighted by Crippen LogP contribution is 2.22. The van der Waals surface area contributed by atoms with E-state index < -0.39 is 0 Å². The van der Waals surface area contributed by atoms with Gasteiger partial charge in [0.15, 0.2) is 0 Å². The van der Waals surface area contributed by atoms with Gasteiger partial charge in [0.2, 0.25) is 23.5 Å². The van der Waals surface area contributed by atoms with Gasteiger partial charge in [0, 0.05) is 52.1 Å². The number of aryl methyl sites for hydroxylation is 1. The summed E-state index contributed by atoms with van der Waals surface area (Å²) in [6.07, 6.45) is 4.98. The van der Waals surface area contributed by atoms with Crippen molar-refractivity contribution in [1.82, 2.24) is 24.8 Å².